The second-order valence-electron chi connectivity index (χ2n) is 8.98. The smallest absolute Gasteiger partial charge is 0.269 e. The molecule has 0 bridgehead atoms. The van der Waals surface area contributed by atoms with E-state index in [2.05, 4.69) is 35.2 Å². The third-order valence-electron chi connectivity index (χ3n) is 6.44. The lowest BCUT2D eigenvalue weighted by Crippen LogP contribution is -2.41. The minimum Gasteiger partial charge on any atom is -0.381 e. The number of pyridine rings is 1. The average Bonchev–Trinajstić information content (AvgIpc) is 3.19. The lowest BCUT2D eigenvalue weighted by Gasteiger charge is -2.35. The molecule has 0 aromatic carbocycles. The molecule has 6 heteroatoms. The van der Waals surface area contributed by atoms with E-state index in [1.807, 2.05) is 18.2 Å². The minimum absolute atomic E-state index is 0.0290. The van der Waals surface area contributed by atoms with Gasteiger partial charge in [0.2, 0.25) is 0 Å². The van der Waals surface area contributed by atoms with E-state index in [1.54, 1.807) is 4.52 Å². The molecule has 2 saturated heterocycles. The van der Waals surface area contributed by atoms with Crippen molar-refractivity contribution in [3.8, 4) is 0 Å². The zero-order valence-electron chi connectivity index (χ0n) is 17.8. The molecule has 2 aromatic heterocycles. The zero-order chi connectivity index (χ0) is 20.2. The fourth-order valence-electron chi connectivity index (χ4n) is 4.48. The molecule has 2 fully saturated rings. The maximum absolute atomic E-state index is 12.8. The Morgan fingerprint density at radius 2 is 1.93 bits per heavy atom. The highest BCUT2D eigenvalue weighted by atomic mass is 16.5. The van der Waals surface area contributed by atoms with Crippen LogP contribution >= 0.6 is 0 Å². The van der Waals surface area contributed by atoms with E-state index < -0.39 is 0 Å². The van der Waals surface area contributed by atoms with Crippen molar-refractivity contribution in [1.82, 2.24) is 19.8 Å². The van der Waals surface area contributed by atoms with Gasteiger partial charge in [0.15, 0.2) is 0 Å². The quantitative estimate of drug-likeness (QED) is 0.811. The van der Waals surface area contributed by atoms with Gasteiger partial charge in [-0.25, -0.2) is 4.52 Å². The van der Waals surface area contributed by atoms with Gasteiger partial charge in [0.25, 0.3) is 5.91 Å². The van der Waals surface area contributed by atoms with Gasteiger partial charge in [-0.15, -0.1) is 0 Å². The molecule has 2 aromatic rings. The van der Waals surface area contributed by atoms with E-state index in [9.17, 15) is 4.79 Å². The minimum atomic E-state index is -0.0290. The maximum Gasteiger partial charge on any atom is 0.269 e. The number of hydrogen-bond donors (Lipinski definition) is 1. The first-order chi connectivity index (χ1) is 14.1. The standard InChI is InChI=1S/C23H34N4O2/c1-17(2)21-14-20-4-3-5-22(27(20)25-21)23(28)24-15-18-6-10-26(11-7-18)16-19-8-12-29-13-9-19/h3-5,14,17-19H,6-13,15-16H2,1-2H3,(H,24,28). The first-order valence-corrected chi connectivity index (χ1v) is 11.2. The van der Waals surface area contributed by atoms with Gasteiger partial charge in [0.1, 0.15) is 5.69 Å². The molecule has 0 aliphatic carbocycles. The monoisotopic (exact) mass is 398 g/mol. The van der Waals surface area contributed by atoms with Gasteiger partial charge in [0.05, 0.1) is 11.2 Å². The van der Waals surface area contributed by atoms with Crippen LogP contribution in [0.4, 0.5) is 0 Å². The van der Waals surface area contributed by atoms with Crippen molar-refractivity contribution in [3.63, 3.8) is 0 Å². The highest BCUT2D eigenvalue weighted by molar-refractivity contribution is 5.93. The summed E-state index contributed by atoms with van der Waals surface area (Å²) in [4.78, 5) is 15.4. The number of fused-ring (bicyclic) bond motifs is 1. The molecule has 158 valence electrons. The summed E-state index contributed by atoms with van der Waals surface area (Å²) in [6.07, 6.45) is 4.72. The van der Waals surface area contributed by atoms with E-state index in [1.165, 1.54) is 19.4 Å². The Morgan fingerprint density at radius 1 is 1.17 bits per heavy atom. The first kappa shape index (κ1) is 20.4. The Balaban J connectivity index is 1.28. The van der Waals surface area contributed by atoms with Gasteiger partial charge >= 0.3 is 0 Å². The Kier molecular flexibility index (Phi) is 6.50. The van der Waals surface area contributed by atoms with E-state index in [4.69, 9.17) is 4.74 Å². The van der Waals surface area contributed by atoms with Crippen LogP contribution in [0.2, 0.25) is 0 Å². The summed E-state index contributed by atoms with van der Waals surface area (Å²) < 4.78 is 7.25. The van der Waals surface area contributed by atoms with Crippen LogP contribution in [-0.4, -0.2) is 59.8 Å². The molecule has 0 unspecified atom stereocenters. The molecule has 2 aliphatic heterocycles. The Labute approximate surface area is 173 Å². The molecular weight excluding hydrogens is 364 g/mol. The number of ether oxygens (including phenoxy) is 1. The van der Waals surface area contributed by atoms with Crippen molar-refractivity contribution in [2.75, 3.05) is 39.4 Å². The number of piperidine rings is 1. The predicted molar refractivity (Wildman–Crippen MR) is 114 cm³/mol. The topological polar surface area (TPSA) is 58.9 Å². The van der Waals surface area contributed by atoms with E-state index in [-0.39, 0.29) is 5.91 Å². The molecule has 4 rings (SSSR count). The molecule has 6 nitrogen and oxygen atoms in total. The van der Waals surface area contributed by atoms with E-state index in [0.717, 1.165) is 62.8 Å². The predicted octanol–water partition coefficient (Wildman–Crippen LogP) is 3.33. The van der Waals surface area contributed by atoms with Crippen molar-refractivity contribution < 1.29 is 9.53 Å². The second kappa shape index (κ2) is 9.26. The van der Waals surface area contributed by atoms with Crippen molar-refractivity contribution in [1.29, 1.82) is 0 Å². The number of carbonyl (C=O) groups is 1. The van der Waals surface area contributed by atoms with Crippen LogP contribution in [0.5, 0.6) is 0 Å². The van der Waals surface area contributed by atoms with Crippen molar-refractivity contribution in [2.24, 2.45) is 11.8 Å². The molecule has 1 N–H and O–H groups in total. The van der Waals surface area contributed by atoms with Crippen LogP contribution in [0.1, 0.15) is 61.6 Å². The summed E-state index contributed by atoms with van der Waals surface area (Å²) in [7, 11) is 0. The molecule has 0 radical (unpaired) electrons. The lowest BCUT2D eigenvalue weighted by molar-refractivity contribution is 0.0467. The number of rotatable bonds is 6. The van der Waals surface area contributed by atoms with Gasteiger partial charge in [-0.2, -0.15) is 5.10 Å². The van der Waals surface area contributed by atoms with Crippen molar-refractivity contribution in [3.05, 3.63) is 35.7 Å². The van der Waals surface area contributed by atoms with Gasteiger partial charge in [0, 0.05) is 26.3 Å². The molecule has 0 atom stereocenters. The summed E-state index contributed by atoms with van der Waals surface area (Å²) in [5, 5.41) is 7.79. The molecule has 2 aliphatic rings. The number of hydrogen-bond acceptors (Lipinski definition) is 4. The highest BCUT2D eigenvalue weighted by Gasteiger charge is 2.23. The van der Waals surface area contributed by atoms with E-state index >= 15 is 0 Å². The molecule has 1 amide bonds. The fourth-order valence-corrected chi connectivity index (χ4v) is 4.48. The normalized spacial score (nSPS) is 19.8. The summed E-state index contributed by atoms with van der Waals surface area (Å²) in [6, 6.07) is 7.86. The zero-order valence-corrected chi connectivity index (χ0v) is 17.8. The lowest BCUT2D eigenvalue weighted by atomic mass is 9.94. The molecule has 0 saturated carbocycles. The first-order valence-electron chi connectivity index (χ1n) is 11.2. The summed E-state index contributed by atoms with van der Waals surface area (Å²) in [6.45, 7) is 10.3. The van der Waals surface area contributed by atoms with Crippen LogP contribution < -0.4 is 5.32 Å². The molecule has 29 heavy (non-hydrogen) atoms. The number of nitrogens with zero attached hydrogens (tertiary/aromatic N) is 3. The number of nitrogens with one attached hydrogen (secondary N) is 1. The average molecular weight is 399 g/mol. The van der Waals surface area contributed by atoms with Crippen LogP contribution in [-0.2, 0) is 4.74 Å². The molecule has 4 heterocycles. The van der Waals surface area contributed by atoms with E-state index in [0.29, 0.717) is 17.5 Å². The Bertz CT molecular complexity index is 817. The van der Waals surface area contributed by atoms with Crippen molar-refractivity contribution >= 4 is 11.4 Å². The Morgan fingerprint density at radius 3 is 2.66 bits per heavy atom. The summed E-state index contributed by atoms with van der Waals surface area (Å²) in [5.41, 5.74) is 2.61. The molecule has 0 spiro atoms. The van der Waals surface area contributed by atoms with Crippen LogP contribution in [0.15, 0.2) is 24.3 Å². The van der Waals surface area contributed by atoms with Crippen LogP contribution in [0.3, 0.4) is 0 Å². The van der Waals surface area contributed by atoms with Crippen LogP contribution in [0, 0.1) is 11.8 Å². The SMILES string of the molecule is CC(C)c1cc2cccc(C(=O)NCC3CCN(CC4CCOCC4)CC3)n2n1. The summed E-state index contributed by atoms with van der Waals surface area (Å²) >= 11 is 0. The van der Waals surface area contributed by atoms with Gasteiger partial charge in [-0.3, -0.25) is 4.79 Å². The van der Waals surface area contributed by atoms with Gasteiger partial charge in [-0.05, 0) is 74.7 Å². The van der Waals surface area contributed by atoms with Crippen molar-refractivity contribution in [2.45, 2.75) is 45.4 Å². The largest absolute Gasteiger partial charge is 0.381 e. The molecular formula is C23H34N4O2. The Hall–Kier alpha value is -1.92. The fraction of sp³-hybridized carbons (Fsp3) is 0.652. The maximum atomic E-state index is 12.8. The van der Waals surface area contributed by atoms with Gasteiger partial charge < -0.3 is 15.0 Å². The summed E-state index contributed by atoms with van der Waals surface area (Å²) in [5.74, 6) is 1.68. The number of likely N-dealkylation sites (tertiary alicyclic amines) is 1. The highest BCUT2D eigenvalue weighted by Crippen LogP contribution is 2.22. The number of aromatic nitrogens is 2. The van der Waals surface area contributed by atoms with Gasteiger partial charge in [-0.1, -0.05) is 19.9 Å². The second-order valence-corrected chi connectivity index (χ2v) is 8.98. The van der Waals surface area contributed by atoms with Crippen LogP contribution in [0.25, 0.3) is 5.52 Å². The third-order valence-corrected chi connectivity index (χ3v) is 6.44. The number of amides is 1. The third kappa shape index (κ3) is 4.98. The number of carbonyl (C=O) groups excluding carboxylic acids is 1.